The van der Waals surface area contributed by atoms with E-state index in [4.69, 9.17) is 17.0 Å². The van der Waals surface area contributed by atoms with Crippen LogP contribution in [0.3, 0.4) is 0 Å². The van der Waals surface area contributed by atoms with Gasteiger partial charge in [0.1, 0.15) is 11.4 Å². The van der Waals surface area contributed by atoms with Crippen molar-refractivity contribution in [3.05, 3.63) is 23.8 Å². The van der Waals surface area contributed by atoms with Crippen molar-refractivity contribution in [3.63, 3.8) is 0 Å². The maximum Gasteiger partial charge on any atom is 0.316 e. The van der Waals surface area contributed by atoms with Crippen LogP contribution in [0.5, 0.6) is 5.75 Å². The Bertz CT molecular complexity index is 786. The van der Waals surface area contributed by atoms with Crippen molar-refractivity contribution in [2.45, 2.75) is 52.0 Å². The van der Waals surface area contributed by atoms with Crippen LogP contribution < -0.4 is 10.1 Å². The van der Waals surface area contributed by atoms with Crippen LogP contribution >= 0.6 is 12.2 Å². The lowest BCUT2D eigenvalue weighted by molar-refractivity contribution is -0.128. The number of ether oxygens (including phenoxy) is 1. The number of carbonyl (C=O) groups excluding carboxylic acids is 1. The minimum atomic E-state index is -2.61. The van der Waals surface area contributed by atoms with E-state index in [1.807, 2.05) is 6.92 Å². The van der Waals surface area contributed by atoms with Gasteiger partial charge in [-0.2, -0.15) is 8.42 Å². The maximum absolute atomic E-state index is 12.9. The van der Waals surface area contributed by atoms with Gasteiger partial charge in [-0.3, -0.25) is 9.69 Å². The summed E-state index contributed by atoms with van der Waals surface area (Å²) in [5, 5.41) is 3.25. The zero-order chi connectivity index (χ0) is 20.4. The molecule has 0 aliphatic heterocycles. The van der Waals surface area contributed by atoms with Gasteiger partial charge < -0.3 is 10.1 Å². The molecule has 7 nitrogen and oxygen atoms in total. The van der Waals surface area contributed by atoms with Crippen LogP contribution in [-0.2, 0) is 21.7 Å². The molecule has 0 aliphatic carbocycles. The van der Waals surface area contributed by atoms with Crippen molar-refractivity contribution in [2.75, 3.05) is 14.2 Å². The third kappa shape index (κ3) is 7.26. The predicted octanol–water partition coefficient (Wildman–Crippen LogP) is 3.23. The first-order chi connectivity index (χ1) is 12.8. The Hall–Kier alpha value is -2.00. The summed E-state index contributed by atoms with van der Waals surface area (Å²) in [6.45, 7) is 4.11. The summed E-state index contributed by atoms with van der Waals surface area (Å²) in [5.74, 6) is 0.170. The van der Waals surface area contributed by atoms with E-state index in [1.165, 1.54) is 13.2 Å². The van der Waals surface area contributed by atoms with E-state index in [1.54, 1.807) is 24.1 Å². The number of rotatable bonds is 9. The highest BCUT2D eigenvalue weighted by Crippen LogP contribution is 2.28. The molecule has 1 aromatic rings. The summed E-state index contributed by atoms with van der Waals surface area (Å²) in [6.07, 6.45) is 4.18. The first-order valence-electron chi connectivity index (χ1n) is 8.85. The third-order valence-corrected chi connectivity index (χ3v) is 4.89. The number of nitrogens with zero attached hydrogens (tertiary/aromatic N) is 2. The van der Waals surface area contributed by atoms with E-state index in [0.29, 0.717) is 16.4 Å². The molecule has 0 radical (unpaired) electrons. The standard InChI is InChI=1S/C18H27N3O4S2/c1-5-6-7-8-13(2)21(18(26)19-3)17(22)12-14-9-10-16(25-4)15(11-14)20-27(23)24/h9-11,13H,5-8,12H2,1-4H3,(H,19,26). The summed E-state index contributed by atoms with van der Waals surface area (Å²) in [7, 11) is 0.508. The summed E-state index contributed by atoms with van der Waals surface area (Å²) >= 11 is 5.32. The number of nitrogens with one attached hydrogen (secondary N) is 1. The number of benzene rings is 1. The van der Waals surface area contributed by atoms with Gasteiger partial charge in [0, 0.05) is 13.1 Å². The largest absolute Gasteiger partial charge is 0.494 e. The summed E-state index contributed by atoms with van der Waals surface area (Å²) in [4.78, 5) is 14.5. The lowest BCUT2D eigenvalue weighted by Crippen LogP contribution is -2.48. The molecule has 27 heavy (non-hydrogen) atoms. The van der Waals surface area contributed by atoms with Gasteiger partial charge in [0.05, 0.1) is 13.5 Å². The molecule has 1 unspecified atom stereocenters. The van der Waals surface area contributed by atoms with Gasteiger partial charge in [0.2, 0.25) is 5.91 Å². The molecule has 150 valence electrons. The second-order valence-corrected chi connectivity index (χ2v) is 7.16. The Morgan fingerprint density at radius 1 is 1.37 bits per heavy atom. The van der Waals surface area contributed by atoms with Crippen LogP contribution in [0.25, 0.3) is 0 Å². The zero-order valence-electron chi connectivity index (χ0n) is 16.2. The van der Waals surface area contributed by atoms with Crippen LogP contribution in [0.15, 0.2) is 22.6 Å². The van der Waals surface area contributed by atoms with E-state index in [9.17, 15) is 13.2 Å². The van der Waals surface area contributed by atoms with E-state index in [-0.39, 0.29) is 24.1 Å². The SMILES string of the molecule is CCCCCC(C)N(C(=O)Cc1ccc(OC)c(N=S(=O)=O)c1)C(=S)NC. The topological polar surface area (TPSA) is 88.1 Å². The highest BCUT2D eigenvalue weighted by molar-refractivity contribution is 7.80. The Balaban J connectivity index is 3.04. The number of amides is 1. The molecule has 1 atom stereocenters. The zero-order valence-corrected chi connectivity index (χ0v) is 17.8. The summed E-state index contributed by atoms with van der Waals surface area (Å²) in [6, 6.07) is 4.82. The molecule has 0 fully saturated rings. The molecule has 0 bridgehead atoms. The highest BCUT2D eigenvalue weighted by Gasteiger charge is 2.23. The predicted molar refractivity (Wildman–Crippen MR) is 110 cm³/mol. The molecule has 1 amide bonds. The molecular weight excluding hydrogens is 386 g/mol. The molecule has 1 rings (SSSR count). The number of hydrogen-bond acceptors (Lipinski definition) is 6. The van der Waals surface area contributed by atoms with Gasteiger partial charge in [0.25, 0.3) is 0 Å². The van der Waals surface area contributed by atoms with Crippen LogP contribution in [0.2, 0.25) is 0 Å². The monoisotopic (exact) mass is 413 g/mol. The average molecular weight is 414 g/mol. The fourth-order valence-electron chi connectivity index (χ4n) is 2.76. The molecular formula is C18H27N3O4S2. The number of hydrogen-bond donors (Lipinski definition) is 1. The Morgan fingerprint density at radius 2 is 2.07 bits per heavy atom. The van der Waals surface area contributed by atoms with E-state index >= 15 is 0 Å². The quantitative estimate of drug-likeness (QED) is 0.494. The molecule has 0 aromatic heterocycles. The minimum Gasteiger partial charge on any atom is -0.494 e. The van der Waals surface area contributed by atoms with Crippen molar-refractivity contribution in [1.82, 2.24) is 10.2 Å². The number of methoxy groups -OCH3 is 1. The maximum atomic E-state index is 12.9. The smallest absolute Gasteiger partial charge is 0.316 e. The van der Waals surface area contributed by atoms with Gasteiger partial charge in [-0.25, -0.2) is 0 Å². The summed E-state index contributed by atoms with van der Waals surface area (Å²) < 4.78 is 30.4. The van der Waals surface area contributed by atoms with Crippen LogP contribution in [-0.4, -0.2) is 44.5 Å². The molecule has 1 N–H and O–H groups in total. The normalized spacial score (nSPS) is 11.4. The Morgan fingerprint density at radius 3 is 2.63 bits per heavy atom. The third-order valence-electron chi connectivity index (χ3n) is 4.14. The van der Waals surface area contributed by atoms with Gasteiger partial charge >= 0.3 is 10.5 Å². The second kappa shape index (κ2) is 11.7. The number of unbranched alkanes of at least 4 members (excludes halogenated alkanes) is 2. The van der Waals surface area contributed by atoms with Crippen LogP contribution in [0.4, 0.5) is 5.69 Å². The fourth-order valence-corrected chi connectivity index (χ4v) is 3.34. The van der Waals surface area contributed by atoms with Crippen molar-refractivity contribution >= 4 is 39.4 Å². The molecule has 0 spiro atoms. The van der Waals surface area contributed by atoms with E-state index in [0.717, 1.165) is 25.7 Å². The van der Waals surface area contributed by atoms with Gasteiger partial charge in [-0.15, -0.1) is 4.36 Å². The van der Waals surface area contributed by atoms with Crippen molar-refractivity contribution in [3.8, 4) is 5.75 Å². The van der Waals surface area contributed by atoms with Gasteiger partial charge in [-0.1, -0.05) is 32.3 Å². The molecule has 0 saturated heterocycles. The number of carbonyl (C=O) groups is 1. The van der Waals surface area contributed by atoms with E-state index < -0.39 is 10.5 Å². The highest BCUT2D eigenvalue weighted by atomic mass is 32.2. The Labute approximate surface area is 167 Å². The first-order valence-corrected chi connectivity index (χ1v) is 10.3. The van der Waals surface area contributed by atoms with Gasteiger partial charge in [-0.05, 0) is 43.3 Å². The number of thiocarbonyl (C=S) groups is 1. The molecule has 1 aromatic carbocycles. The first kappa shape index (κ1) is 23.0. The van der Waals surface area contributed by atoms with Crippen molar-refractivity contribution < 1.29 is 17.9 Å². The Kier molecular flexibility index (Phi) is 9.95. The van der Waals surface area contributed by atoms with Crippen molar-refractivity contribution in [2.24, 2.45) is 4.36 Å². The lowest BCUT2D eigenvalue weighted by atomic mass is 10.1. The van der Waals surface area contributed by atoms with Gasteiger partial charge in [0.15, 0.2) is 5.11 Å². The van der Waals surface area contributed by atoms with Crippen LogP contribution in [0, 0.1) is 0 Å². The minimum absolute atomic E-state index is 0.0273. The molecule has 0 saturated carbocycles. The van der Waals surface area contributed by atoms with E-state index in [2.05, 4.69) is 16.6 Å². The summed E-state index contributed by atoms with van der Waals surface area (Å²) in [5.41, 5.74) is 0.796. The van der Waals surface area contributed by atoms with Crippen LogP contribution in [0.1, 0.15) is 45.1 Å². The molecule has 0 heterocycles. The average Bonchev–Trinajstić information content (AvgIpc) is 2.61. The molecule has 0 aliphatic rings. The molecule has 9 heteroatoms. The van der Waals surface area contributed by atoms with Crippen molar-refractivity contribution in [1.29, 1.82) is 0 Å². The second-order valence-electron chi connectivity index (χ2n) is 6.16. The fraction of sp³-hybridized carbons (Fsp3) is 0.556. The lowest BCUT2D eigenvalue weighted by Gasteiger charge is -2.29.